The Morgan fingerprint density at radius 2 is 2.09 bits per heavy atom. The zero-order chi connectivity index (χ0) is 16.3. The lowest BCUT2D eigenvalue weighted by molar-refractivity contribution is -0.142. The number of piperidine rings is 1. The zero-order valence-electron chi connectivity index (χ0n) is 13.7. The van der Waals surface area contributed by atoms with Crippen LogP contribution in [0.4, 0.5) is 0 Å². The molecule has 2 aliphatic rings. The molecule has 0 saturated carbocycles. The molecular weight excluding hydrogens is 312 g/mol. The molecule has 1 N–H and O–H groups in total. The minimum atomic E-state index is -0.535. The van der Waals surface area contributed by atoms with Crippen LogP contribution < -0.4 is 5.32 Å². The number of rotatable bonds is 3. The summed E-state index contributed by atoms with van der Waals surface area (Å²) in [6.45, 7) is 2.84. The van der Waals surface area contributed by atoms with E-state index in [4.69, 9.17) is 16.3 Å². The van der Waals surface area contributed by atoms with E-state index in [2.05, 4.69) is 5.32 Å². The predicted molar refractivity (Wildman–Crippen MR) is 91.8 cm³/mol. The summed E-state index contributed by atoms with van der Waals surface area (Å²) in [5.74, 6) is 0.217. The highest BCUT2D eigenvalue weighted by molar-refractivity contribution is 6.31. The molecule has 1 atom stereocenters. The average Bonchev–Trinajstić information content (AvgIpc) is 2.62. The lowest BCUT2D eigenvalue weighted by Crippen LogP contribution is -2.55. The van der Waals surface area contributed by atoms with Crippen molar-refractivity contribution in [1.82, 2.24) is 10.2 Å². The van der Waals surface area contributed by atoms with Crippen LogP contribution in [0.25, 0.3) is 0 Å². The Kier molecular flexibility index (Phi) is 5.24. The molecule has 0 radical (unpaired) electrons. The number of ether oxygens (including phenoxy) is 1. The highest BCUT2D eigenvalue weighted by Crippen LogP contribution is 2.40. The van der Waals surface area contributed by atoms with Crippen LogP contribution in [0, 0.1) is 0 Å². The van der Waals surface area contributed by atoms with Gasteiger partial charge in [-0.1, -0.05) is 29.8 Å². The number of nitrogens with one attached hydrogen (secondary N) is 1. The van der Waals surface area contributed by atoms with E-state index >= 15 is 0 Å². The average molecular weight is 337 g/mol. The third-order valence-corrected chi connectivity index (χ3v) is 5.59. The molecule has 0 bridgehead atoms. The van der Waals surface area contributed by atoms with Gasteiger partial charge in [-0.05, 0) is 44.4 Å². The van der Waals surface area contributed by atoms with Gasteiger partial charge >= 0.3 is 0 Å². The SMILES string of the molecule is CN[C@H]1CCCN(C(=O)C2(c3ccccc3Cl)CCOCC2)C1. The highest BCUT2D eigenvalue weighted by Gasteiger charge is 2.45. The molecule has 0 aliphatic carbocycles. The van der Waals surface area contributed by atoms with E-state index in [1.807, 2.05) is 36.2 Å². The monoisotopic (exact) mass is 336 g/mol. The first-order valence-corrected chi connectivity index (χ1v) is 8.84. The molecule has 1 amide bonds. The fourth-order valence-electron chi connectivity index (χ4n) is 3.87. The fraction of sp³-hybridized carbons (Fsp3) is 0.611. The number of hydrogen-bond acceptors (Lipinski definition) is 3. The molecular formula is C18H25ClN2O2. The molecule has 0 spiro atoms. The summed E-state index contributed by atoms with van der Waals surface area (Å²) in [6.07, 6.45) is 3.58. The molecule has 1 aromatic carbocycles. The van der Waals surface area contributed by atoms with Crippen LogP contribution in [0.15, 0.2) is 24.3 Å². The van der Waals surface area contributed by atoms with Crippen LogP contribution in [-0.4, -0.2) is 50.2 Å². The molecule has 2 fully saturated rings. The Morgan fingerprint density at radius 3 is 2.78 bits per heavy atom. The Hall–Kier alpha value is -1.10. The third-order valence-electron chi connectivity index (χ3n) is 5.26. The van der Waals surface area contributed by atoms with Crippen molar-refractivity contribution in [1.29, 1.82) is 0 Å². The molecule has 1 aromatic rings. The summed E-state index contributed by atoms with van der Waals surface area (Å²) >= 11 is 6.46. The number of hydrogen-bond donors (Lipinski definition) is 1. The molecule has 2 heterocycles. The standard InChI is InChI=1S/C18H25ClN2O2/c1-20-14-5-4-10-21(13-14)17(22)18(8-11-23-12-9-18)15-6-2-3-7-16(15)19/h2-3,6-7,14,20H,4-5,8-13H2,1H3/t14-/m0/s1. The summed E-state index contributed by atoms with van der Waals surface area (Å²) < 4.78 is 5.54. The van der Waals surface area contributed by atoms with Gasteiger partial charge in [0.05, 0.1) is 5.41 Å². The van der Waals surface area contributed by atoms with Gasteiger partial charge in [0.25, 0.3) is 0 Å². The van der Waals surface area contributed by atoms with Crippen molar-refractivity contribution in [3.8, 4) is 0 Å². The van der Waals surface area contributed by atoms with Crippen LogP contribution in [0.1, 0.15) is 31.2 Å². The molecule has 4 nitrogen and oxygen atoms in total. The van der Waals surface area contributed by atoms with Crippen molar-refractivity contribution in [2.24, 2.45) is 0 Å². The van der Waals surface area contributed by atoms with Gasteiger partial charge < -0.3 is 15.0 Å². The highest BCUT2D eigenvalue weighted by atomic mass is 35.5. The lowest BCUT2D eigenvalue weighted by atomic mass is 9.72. The number of benzene rings is 1. The number of carbonyl (C=O) groups excluding carboxylic acids is 1. The van der Waals surface area contributed by atoms with Crippen molar-refractivity contribution in [3.63, 3.8) is 0 Å². The van der Waals surface area contributed by atoms with E-state index in [9.17, 15) is 4.79 Å². The molecule has 2 aliphatic heterocycles. The number of halogens is 1. The van der Waals surface area contributed by atoms with Gasteiger partial charge in [-0.25, -0.2) is 0 Å². The van der Waals surface area contributed by atoms with Crippen LogP contribution >= 0.6 is 11.6 Å². The summed E-state index contributed by atoms with van der Waals surface area (Å²) in [4.78, 5) is 15.5. The number of likely N-dealkylation sites (tertiary alicyclic amines) is 1. The first-order chi connectivity index (χ1) is 11.2. The molecule has 23 heavy (non-hydrogen) atoms. The van der Waals surface area contributed by atoms with Crippen molar-refractivity contribution in [2.45, 2.75) is 37.1 Å². The summed E-state index contributed by atoms with van der Waals surface area (Å²) in [6, 6.07) is 8.16. The predicted octanol–water partition coefficient (Wildman–Crippen LogP) is 2.60. The van der Waals surface area contributed by atoms with E-state index < -0.39 is 5.41 Å². The van der Waals surface area contributed by atoms with Gasteiger partial charge in [-0.3, -0.25) is 4.79 Å². The lowest BCUT2D eigenvalue weighted by Gasteiger charge is -2.43. The van der Waals surface area contributed by atoms with E-state index in [0.29, 0.717) is 37.1 Å². The van der Waals surface area contributed by atoms with Crippen molar-refractivity contribution >= 4 is 17.5 Å². The Bertz CT molecular complexity index is 558. The maximum absolute atomic E-state index is 13.5. The normalized spacial score (nSPS) is 24.4. The van der Waals surface area contributed by atoms with Crippen molar-refractivity contribution in [2.75, 3.05) is 33.4 Å². The third kappa shape index (κ3) is 3.25. The largest absolute Gasteiger partial charge is 0.381 e. The van der Waals surface area contributed by atoms with Crippen molar-refractivity contribution < 1.29 is 9.53 Å². The van der Waals surface area contributed by atoms with Crippen LogP contribution in [-0.2, 0) is 14.9 Å². The second-order valence-electron chi connectivity index (χ2n) is 6.55. The molecule has 3 rings (SSSR count). The van der Waals surface area contributed by atoms with Gasteiger partial charge in [0.2, 0.25) is 5.91 Å². The summed E-state index contributed by atoms with van der Waals surface area (Å²) in [7, 11) is 1.97. The molecule has 5 heteroatoms. The fourth-order valence-corrected chi connectivity index (χ4v) is 4.18. The maximum Gasteiger partial charge on any atom is 0.233 e. The number of amides is 1. The maximum atomic E-state index is 13.5. The quantitative estimate of drug-likeness (QED) is 0.922. The smallest absolute Gasteiger partial charge is 0.233 e. The van der Waals surface area contributed by atoms with E-state index in [1.165, 1.54) is 0 Å². The Morgan fingerprint density at radius 1 is 1.35 bits per heavy atom. The topological polar surface area (TPSA) is 41.6 Å². The van der Waals surface area contributed by atoms with Gasteiger partial charge in [0, 0.05) is 37.4 Å². The summed E-state index contributed by atoms with van der Waals surface area (Å²) in [5, 5.41) is 4.00. The van der Waals surface area contributed by atoms with Gasteiger partial charge in [0.1, 0.15) is 0 Å². The Balaban J connectivity index is 1.93. The first kappa shape index (κ1) is 16.7. The van der Waals surface area contributed by atoms with Gasteiger partial charge in [-0.15, -0.1) is 0 Å². The van der Waals surface area contributed by atoms with Gasteiger partial charge in [0.15, 0.2) is 0 Å². The van der Waals surface area contributed by atoms with E-state index in [-0.39, 0.29) is 5.91 Å². The number of carbonyl (C=O) groups is 1. The second-order valence-corrected chi connectivity index (χ2v) is 6.96. The zero-order valence-corrected chi connectivity index (χ0v) is 14.4. The number of nitrogens with zero attached hydrogens (tertiary/aromatic N) is 1. The molecule has 2 saturated heterocycles. The molecule has 126 valence electrons. The minimum absolute atomic E-state index is 0.217. The first-order valence-electron chi connectivity index (χ1n) is 8.47. The molecule has 0 aromatic heterocycles. The van der Waals surface area contributed by atoms with E-state index in [1.54, 1.807) is 0 Å². The number of likely N-dealkylation sites (N-methyl/N-ethyl adjacent to an activating group) is 1. The van der Waals surface area contributed by atoms with Crippen molar-refractivity contribution in [3.05, 3.63) is 34.9 Å². The molecule has 0 unspecified atom stereocenters. The second kappa shape index (κ2) is 7.20. The van der Waals surface area contributed by atoms with E-state index in [0.717, 1.165) is 31.5 Å². The van der Waals surface area contributed by atoms with Gasteiger partial charge in [-0.2, -0.15) is 0 Å². The van der Waals surface area contributed by atoms with Crippen LogP contribution in [0.5, 0.6) is 0 Å². The van der Waals surface area contributed by atoms with Crippen LogP contribution in [0.3, 0.4) is 0 Å². The Labute approximate surface area is 143 Å². The minimum Gasteiger partial charge on any atom is -0.381 e. The van der Waals surface area contributed by atoms with Crippen LogP contribution in [0.2, 0.25) is 5.02 Å². The summed E-state index contributed by atoms with van der Waals surface area (Å²) in [5.41, 5.74) is 0.424.